The average molecular weight is 300 g/mol. The Bertz CT molecular complexity index is 496. The maximum atomic E-state index is 11.5. The SMILES string of the molecule is CC(C)COc1ccc(CCNS(=O)(=O)N(C)C)cc1. The van der Waals surface area contributed by atoms with Crippen LogP contribution < -0.4 is 9.46 Å². The van der Waals surface area contributed by atoms with Gasteiger partial charge in [-0.05, 0) is 30.0 Å². The molecule has 1 rings (SSSR count). The smallest absolute Gasteiger partial charge is 0.278 e. The van der Waals surface area contributed by atoms with Gasteiger partial charge in [-0.15, -0.1) is 0 Å². The van der Waals surface area contributed by atoms with Crippen molar-refractivity contribution in [1.29, 1.82) is 0 Å². The van der Waals surface area contributed by atoms with Gasteiger partial charge in [-0.2, -0.15) is 12.7 Å². The lowest BCUT2D eigenvalue weighted by Crippen LogP contribution is -2.36. The Labute approximate surface area is 122 Å². The summed E-state index contributed by atoms with van der Waals surface area (Å²) in [5, 5.41) is 0. The molecule has 1 aromatic carbocycles. The van der Waals surface area contributed by atoms with Crippen LogP contribution in [0.5, 0.6) is 5.75 Å². The highest BCUT2D eigenvalue weighted by molar-refractivity contribution is 7.87. The first-order valence-corrected chi connectivity index (χ1v) is 8.14. The molecule has 0 fully saturated rings. The van der Waals surface area contributed by atoms with Crippen LogP contribution >= 0.6 is 0 Å². The van der Waals surface area contributed by atoms with Crippen LogP contribution in [0.4, 0.5) is 0 Å². The minimum Gasteiger partial charge on any atom is -0.493 e. The molecule has 1 aromatic rings. The minimum absolute atomic E-state index is 0.382. The molecule has 0 aliphatic rings. The predicted molar refractivity (Wildman–Crippen MR) is 81.1 cm³/mol. The number of ether oxygens (including phenoxy) is 1. The van der Waals surface area contributed by atoms with E-state index in [1.165, 1.54) is 14.1 Å². The number of hydrogen-bond donors (Lipinski definition) is 1. The molecule has 0 unspecified atom stereocenters. The molecule has 114 valence electrons. The maximum Gasteiger partial charge on any atom is 0.278 e. The topological polar surface area (TPSA) is 58.6 Å². The largest absolute Gasteiger partial charge is 0.493 e. The van der Waals surface area contributed by atoms with Gasteiger partial charge >= 0.3 is 0 Å². The Kier molecular flexibility index (Phi) is 6.45. The van der Waals surface area contributed by atoms with Crippen LogP contribution in [0.25, 0.3) is 0 Å². The molecule has 0 saturated heterocycles. The molecule has 0 spiro atoms. The van der Waals surface area contributed by atoms with E-state index in [0.29, 0.717) is 25.5 Å². The maximum absolute atomic E-state index is 11.5. The van der Waals surface area contributed by atoms with Gasteiger partial charge in [0.05, 0.1) is 6.61 Å². The summed E-state index contributed by atoms with van der Waals surface area (Å²) >= 11 is 0. The van der Waals surface area contributed by atoms with Gasteiger partial charge in [-0.3, -0.25) is 0 Å². The van der Waals surface area contributed by atoms with E-state index in [1.807, 2.05) is 24.3 Å². The summed E-state index contributed by atoms with van der Waals surface area (Å²) in [7, 11) is -0.330. The van der Waals surface area contributed by atoms with Crippen LogP contribution in [0.2, 0.25) is 0 Å². The molecule has 0 saturated carbocycles. The normalized spacial score (nSPS) is 12.1. The molecule has 0 radical (unpaired) electrons. The number of benzene rings is 1. The second kappa shape index (κ2) is 7.61. The van der Waals surface area contributed by atoms with Gasteiger partial charge in [0.1, 0.15) is 5.75 Å². The Balaban J connectivity index is 2.42. The average Bonchev–Trinajstić information content (AvgIpc) is 2.37. The third-order valence-corrected chi connectivity index (χ3v) is 4.22. The van der Waals surface area contributed by atoms with Gasteiger partial charge in [0.15, 0.2) is 0 Å². The van der Waals surface area contributed by atoms with Crippen molar-refractivity contribution in [2.45, 2.75) is 20.3 Å². The third kappa shape index (κ3) is 5.90. The van der Waals surface area contributed by atoms with E-state index in [4.69, 9.17) is 4.74 Å². The molecule has 0 aromatic heterocycles. The molecule has 0 atom stereocenters. The molecule has 0 heterocycles. The molecule has 20 heavy (non-hydrogen) atoms. The van der Waals surface area contributed by atoms with Crippen molar-refractivity contribution >= 4 is 10.2 Å². The van der Waals surface area contributed by atoms with Crippen molar-refractivity contribution in [2.24, 2.45) is 5.92 Å². The summed E-state index contributed by atoms with van der Waals surface area (Å²) in [6, 6.07) is 7.75. The molecule has 0 amide bonds. The quantitative estimate of drug-likeness (QED) is 0.794. The van der Waals surface area contributed by atoms with Gasteiger partial charge in [0, 0.05) is 20.6 Å². The Morgan fingerprint density at radius 3 is 2.30 bits per heavy atom. The zero-order chi connectivity index (χ0) is 15.2. The molecular weight excluding hydrogens is 276 g/mol. The number of rotatable bonds is 8. The van der Waals surface area contributed by atoms with Gasteiger partial charge in [0.25, 0.3) is 10.2 Å². The Hall–Kier alpha value is -1.11. The summed E-state index contributed by atoms with van der Waals surface area (Å²) in [4.78, 5) is 0. The molecule has 5 nitrogen and oxygen atoms in total. The highest BCUT2D eigenvalue weighted by Gasteiger charge is 2.11. The fourth-order valence-electron chi connectivity index (χ4n) is 1.47. The zero-order valence-electron chi connectivity index (χ0n) is 12.6. The standard InChI is InChI=1S/C14H24N2O3S/c1-12(2)11-19-14-7-5-13(6-8-14)9-10-15-20(17,18)16(3)4/h5-8,12,15H,9-11H2,1-4H3. The van der Waals surface area contributed by atoms with Gasteiger partial charge < -0.3 is 4.74 Å². The summed E-state index contributed by atoms with van der Waals surface area (Å²) in [5.74, 6) is 1.34. The van der Waals surface area contributed by atoms with E-state index in [-0.39, 0.29) is 0 Å². The number of nitrogens with zero attached hydrogens (tertiary/aromatic N) is 1. The lowest BCUT2D eigenvalue weighted by atomic mass is 10.1. The Morgan fingerprint density at radius 1 is 1.20 bits per heavy atom. The summed E-state index contributed by atoms with van der Waals surface area (Å²) in [6.45, 7) is 5.28. The van der Waals surface area contributed by atoms with Crippen molar-refractivity contribution in [3.05, 3.63) is 29.8 Å². The second-order valence-electron chi connectivity index (χ2n) is 5.28. The molecule has 1 N–H and O–H groups in total. The lowest BCUT2D eigenvalue weighted by molar-refractivity contribution is 0.271. The van der Waals surface area contributed by atoms with Crippen molar-refractivity contribution in [3.63, 3.8) is 0 Å². The van der Waals surface area contributed by atoms with Crippen LogP contribution in [-0.4, -0.2) is 40.0 Å². The number of nitrogens with one attached hydrogen (secondary N) is 1. The molecule has 0 bridgehead atoms. The monoisotopic (exact) mass is 300 g/mol. The van der Waals surface area contributed by atoms with Crippen LogP contribution in [-0.2, 0) is 16.6 Å². The van der Waals surface area contributed by atoms with Gasteiger partial charge in [-0.1, -0.05) is 26.0 Å². The predicted octanol–water partition coefficient (Wildman–Crippen LogP) is 1.66. The fraction of sp³-hybridized carbons (Fsp3) is 0.571. The first-order valence-electron chi connectivity index (χ1n) is 6.70. The van der Waals surface area contributed by atoms with E-state index >= 15 is 0 Å². The van der Waals surface area contributed by atoms with E-state index in [0.717, 1.165) is 15.6 Å². The first-order chi connectivity index (χ1) is 9.31. The lowest BCUT2D eigenvalue weighted by Gasteiger charge is -2.12. The van der Waals surface area contributed by atoms with E-state index in [1.54, 1.807) is 0 Å². The van der Waals surface area contributed by atoms with E-state index in [9.17, 15) is 8.42 Å². The van der Waals surface area contributed by atoms with Crippen molar-refractivity contribution in [2.75, 3.05) is 27.2 Å². The Morgan fingerprint density at radius 2 is 1.80 bits per heavy atom. The summed E-state index contributed by atoms with van der Waals surface area (Å²) in [6.07, 6.45) is 0.650. The van der Waals surface area contributed by atoms with Crippen molar-refractivity contribution in [3.8, 4) is 5.75 Å². The molecule has 0 aliphatic carbocycles. The molecule has 0 aliphatic heterocycles. The molecule has 6 heteroatoms. The van der Waals surface area contributed by atoms with Crippen LogP contribution in [0.15, 0.2) is 24.3 Å². The minimum atomic E-state index is -3.34. The zero-order valence-corrected chi connectivity index (χ0v) is 13.4. The fourth-order valence-corrected chi connectivity index (χ4v) is 2.09. The van der Waals surface area contributed by atoms with Crippen LogP contribution in [0.1, 0.15) is 19.4 Å². The van der Waals surface area contributed by atoms with Gasteiger partial charge in [-0.25, -0.2) is 4.72 Å². The van der Waals surface area contributed by atoms with Crippen molar-refractivity contribution < 1.29 is 13.2 Å². The van der Waals surface area contributed by atoms with Crippen molar-refractivity contribution in [1.82, 2.24) is 9.03 Å². The van der Waals surface area contributed by atoms with Crippen LogP contribution in [0.3, 0.4) is 0 Å². The second-order valence-corrected chi connectivity index (χ2v) is 7.25. The summed E-state index contributed by atoms with van der Waals surface area (Å²) < 4.78 is 32.3. The highest BCUT2D eigenvalue weighted by Crippen LogP contribution is 2.13. The van der Waals surface area contributed by atoms with Crippen LogP contribution in [0, 0.1) is 5.92 Å². The van der Waals surface area contributed by atoms with E-state index in [2.05, 4.69) is 18.6 Å². The number of hydrogen-bond acceptors (Lipinski definition) is 3. The highest BCUT2D eigenvalue weighted by atomic mass is 32.2. The third-order valence-electron chi connectivity index (χ3n) is 2.69. The summed E-state index contributed by atoms with van der Waals surface area (Å²) in [5.41, 5.74) is 1.07. The molecular formula is C14H24N2O3S. The first kappa shape index (κ1) is 16.9. The van der Waals surface area contributed by atoms with E-state index < -0.39 is 10.2 Å². The van der Waals surface area contributed by atoms with Gasteiger partial charge in [0.2, 0.25) is 0 Å².